The highest BCUT2D eigenvalue weighted by Crippen LogP contribution is 2.34. The molecule has 1 N–H and O–H groups in total. The van der Waals surface area contributed by atoms with Gasteiger partial charge in [-0.05, 0) is 17.7 Å². The Labute approximate surface area is 169 Å². The van der Waals surface area contributed by atoms with Gasteiger partial charge in [0.15, 0.2) is 11.5 Å². The first kappa shape index (κ1) is 17.4. The maximum atomic E-state index is 12.8. The third kappa shape index (κ3) is 3.23. The van der Waals surface area contributed by atoms with Crippen LogP contribution in [0.2, 0.25) is 0 Å². The van der Waals surface area contributed by atoms with Crippen molar-refractivity contribution < 1.29 is 14.3 Å². The topological polar surface area (TPSA) is 82.5 Å². The third-order valence-electron chi connectivity index (χ3n) is 4.60. The van der Waals surface area contributed by atoms with Crippen LogP contribution in [0.4, 0.5) is 5.69 Å². The summed E-state index contributed by atoms with van der Waals surface area (Å²) in [5, 5.41) is 4.69. The summed E-state index contributed by atoms with van der Waals surface area (Å²) < 4.78 is 12.4. The summed E-state index contributed by atoms with van der Waals surface area (Å²) in [6.07, 6.45) is 1.42. The van der Waals surface area contributed by atoms with Gasteiger partial charge in [-0.2, -0.15) is 0 Å². The van der Waals surface area contributed by atoms with Crippen LogP contribution >= 0.6 is 11.3 Å². The standard InChI is InChI=1S/C21H15N3O4S/c25-18(23-14-6-7-16-17(8-14)28-12-27-16)9-24-11-22-19-15(10-29-20(19)21(24)26)13-4-2-1-3-5-13/h1-8,10-11H,9,12H2,(H,23,25). The van der Waals surface area contributed by atoms with Crippen molar-refractivity contribution in [3.05, 3.63) is 70.6 Å². The molecule has 1 aliphatic heterocycles. The lowest BCUT2D eigenvalue weighted by Gasteiger charge is -2.08. The predicted molar refractivity (Wildman–Crippen MR) is 111 cm³/mol. The van der Waals surface area contributed by atoms with Crippen LogP contribution in [0.1, 0.15) is 0 Å². The Morgan fingerprint density at radius 3 is 2.83 bits per heavy atom. The number of thiophene rings is 1. The molecule has 0 radical (unpaired) electrons. The Balaban J connectivity index is 1.39. The van der Waals surface area contributed by atoms with Crippen molar-refractivity contribution in [1.29, 1.82) is 0 Å². The number of anilines is 1. The number of nitrogens with zero attached hydrogens (tertiary/aromatic N) is 2. The van der Waals surface area contributed by atoms with Gasteiger partial charge in [-0.1, -0.05) is 30.3 Å². The number of ether oxygens (including phenoxy) is 2. The smallest absolute Gasteiger partial charge is 0.271 e. The first-order valence-electron chi connectivity index (χ1n) is 8.90. The summed E-state index contributed by atoms with van der Waals surface area (Å²) in [5.41, 5.74) is 2.91. The van der Waals surface area contributed by atoms with E-state index in [1.165, 1.54) is 22.2 Å². The number of carbonyl (C=O) groups is 1. The maximum absolute atomic E-state index is 12.8. The molecule has 2 aromatic heterocycles. The molecule has 0 spiro atoms. The summed E-state index contributed by atoms with van der Waals surface area (Å²) >= 11 is 1.34. The molecule has 3 heterocycles. The van der Waals surface area contributed by atoms with Crippen LogP contribution in [-0.2, 0) is 11.3 Å². The molecule has 0 fully saturated rings. The molecule has 8 heteroatoms. The average molecular weight is 405 g/mol. The van der Waals surface area contributed by atoms with Gasteiger partial charge in [0, 0.05) is 22.7 Å². The number of fused-ring (bicyclic) bond motifs is 2. The van der Waals surface area contributed by atoms with Gasteiger partial charge < -0.3 is 14.8 Å². The molecule has 144 valence electrons. The number of rotatable bonds is 4. The lowest BCUT2D eigenvalue weighted by atomic mass is 10.1. The van der Waals surface area contributed by atoms with Crippen molar-refractivity contribution in [3.63, 3.8) is 0 Å². The highest BCUT2D eigenvalue weighted by molar-refractivity contribution is 7.17. The highest BCUT2D eigenvalue weighted by atomic mass is 32.1. The van der Waals surface area contributed by atoms with Crippen LogP contribution in [0, 0.1) is 0 Å². The fraction of sp³-hybridized carbons (Fsp3) is 0.0952. The summed E-state index contributed by atoms with van der Waals surface area (Å²) in [7, 11) is 0. The largest absolute Gasteiger partial charge is 0.454 e. The van der Waals surface area contributed by atoms with Crippen molar-refractivity contribution in [3.8, 4) is 22.6 Å². The molecule has 1 aliphatic rings. The van der Waals surface area contributed by atoms with Crippen LogP contribution in [0.15, 0.2) is 65.0 Å². The van der Waals surface area contributed by atoms with Gasteiger partial charge in [-0.25, -0.2) is 4.98 Å². The predicted octanol–water partition coefficient (Wildman–Crippen LogP) is 3.49. The normalized spacial score (nSPS) is 12.3. The van der Waals surface area contributed by atoms with E-state index < -0.39 is 0 Å². The molecular weight excluding hydrogens is 390 g/mol. The summed E-state index contributed by atoms with van der Waals surface area (Å²) in [5.74, 6) is 0.892. The number of amides is 1. The number of aromatic nitrogens is 2. The average Bonchev–Trinajstić information content (AvgIpc) is 3.37. The van der Waals surface area contributed by atoms with Gasteiger partial charge >= 0.3 is 0 Å². The molecule has 0 atom stereocenters. The Morgan fingerprint density at radius 1 is 1.14 bits per heavy atom. The molecule has 1 amide bonds. The molecule has 0 unspecified atom stereocenters. The monoisotopic (exact) mass is 405 g/mol. The lowest BCUT2D eigenvalue weighted by molar-refractivity contribution is -0.116. The van der Waals surface area contributed by atoms with E-state index in [4.69, 9.17) is 9.47 Å². The molecule has 2 aromatic carbocycles. The second-order valence-corrected chi connectivity index (χ2v) is 7.37. The second kappa shape index (κ2) is 7.06. The number of hydrogen-bond donors (Lipinski definition) is 1. The highest BCUT2D eigenvalue weighted by Gasteiger charge is 2.16. The first-order chi connectivity index (χ1) is 14.2. The maximum Gasteiger partial charge on any atom is 0.271 e. The Hall–Kier alpha value is -3.65. The number of nitrogens with one attached hydrogen (secondary N) is 1. The van der Waals surface area contributed by atoms with Gasteiger partial charge in [0.05, 0.1) is 11.8 Å². The van der Waals surface area contributed by atoms with Gasteiger partial charge in [0.1, 0.15) is 11.2 Å². The quantitative estimate of drug-likeness (QED) is 0.562. The Kier molecular flexibility index (Phi) is 4.25. The van der Waals surface area contributed by atoms with Gasteiger partial charge in [-0.3, -0.25) is 14.2 Å². The van der Waals surface area contributed by atoms with Crippen LogP contribution in [0.5, 0.6) is 11.5 Å². The zero-order valence-electron chi connectivity index (χ0n) is 15.1. The zero-order valence-corrected chi connectivity index (χ0v) is 15.9. The second-order valence-electron chi connectivity index (χ2n) is 6.49. The van der Waals surface area contributed by atoms with E-state index in [-0.39, 0.29) is 24.8 Å². The van der Waals surface area contributed by atoms with Crippen molar-refractivity contribution in [2.75, 3.05) is 12.1 Å². The van der Waals surface area contributed by atoms with Crippen molar-refractivity contribution in [2.45, 2.75) is 6.54 Å². The molecule has 4 aromatic rings. The fourth-order valence-electron chi connectivity index (χ4n) is 3.21. The van der Waals surface area contributed by atoms with E-state index in [1.807, 2.05) is 35.7 Å². The van der Waals surface area contributed by atoms with E-state index >= 15 is 0 Å². The van der Waals surface area contributed by atoms with E-state index in [2.05, 4.69) is 10.3 Å². The van der Waals surface area contributed by atoms with Gasteiger partial charge in [0.25, 0.3) is 5.56 Å². The molecule has 29 heavy (non-hydrogen) atoms. The van der Waals surface area contributed by atoms with Gasteiger partial charge in [-0.15, -0.1) is 11.3 Å². The van der Waals surface area contributed by atoms with E-state index in [0.717, 1.165) is 11.1 Å². The van der Waals surface area contributed by atoms with Crippen molar-refractivity contribution >= 4 is 33.1 Å². The van der Waals surface area contributed by atoms with Crippen LogP contribution in [0.25, 0.3) is 21.3 Å². The van der Waals surface area contributed by atoms with E-state index in [9.17, 15) is 9.59 Å². The number of carbonyl (C=O) groups excluding carboxylic acids is 1. The lowest BCUT2D eigenvalue weighted by Crippen LogP contribution is -2.27. The Bertz CT molecular complexity index is 1280. The number of benzene rings is 2. The molecular formula is C21H15N3O4S. The molecule has 0 saturated carbocycles. The summed E-state index contributed by atoms with van der Waals surface area (Å²) in [6, 6.07) is 14.9. The van der Waals surface area contributed by atoms with Crippen molar-refractivity contribution in [2.24, 2.45) is 0 Å². The van der Waals surface area contributed by atoms with Crippen molar-refractivity contribution in [1.82, 2.24) is 9.55 Å². The molecule has 7 nitrogen and oxygen atoms in total. The minimum atomic E-state index is -0.327. The fourth-order valence-corrected chi connectivity index (χ4v) is 4.18. The molecule has 0 aliphatic carbocycles. The van der Waals surface area contributed by atoms with E-state index in [1.54, 1.807) is 18.2 Å². The number of hydrogen-bond acceptors (Lipinski definition) is 6. The van der Waals surface area contributed by atoms with Crippen LogP contribution in [-0.4, -0.2) is 22.3 Å². The molecule has 0 bridgehead atoms. The first-order valence-corrected chi connectivity index (χ1v) is 9.78. The van der Waals surface area contributed by atoms with E-state index in [0.29, 0.717) is 27.4 Å². The zero-order chi connectivity index (χ0) is 19.8. The van der Waals surface area contributed by atoms with Gasteiger partial charge in [0.2, 0.25) is 12.7 Å². The molecule has 0 saturated heterocycles. The Morgan fingerprint density at radius 2 is 1.97 bits per heavy atom. The minimum Gasteiger partial charge on any atom is -0.454 e. The summed E-state index contributed by atoms with van der Waals surface area (Å²) in [6.45, 7) is 0.0361. The van der Waals surface area contributed by atoms with Crippen LogP contribution < -0.4 is 20.3 Å². The molecule has 5 rings (SSSR count). The SMILES string of the molecule is O=C(Cn1cnc2c(-c3ccccc3)csc2c1=O)Nc1ccc2c(c1)OCO2. The minimum absolute atomic E-state index is 0.130. The summed E-state index contributed by atoms with van der Waals surface area (Å²) in [4.78, 5) is 29.7. The third-order valence-corrected chi connectivity index (χ3v) is 5.56. The van der Waals surface area contributed by atoms with Crippen LogP contribution in [0.3, 0.4) is 0 Å².